The summed E-state index contributed by atoms with van der Waals surface area (Å²) in [4.78, 5) is 16.8. The maximum atomic E-state index is 14.6. The van der Waals surface area contributed by atoms with E-state index in [-0.39, 0.29) is 48.1 Å². The highest BCUT2D eigenvalue weighted by atomic mass is 19.4. The van der Waals surface area contributed by atoms with E-state index in [2.05, 4.69) is 20.6 Å². The Morgan fingerprint density at radius 3 is 2.66 bits per heavy atom. The van der Waals surface area contributed by atoms with Gasteiger partial charge >= 0.3 is 6.18 Å². The van der Waals surface area contributed by atoms with Crippen LogP contribution in [0.25, 0.3) is 5.69 Å². The molecule has 38 heavy (non-hydrogen) atoms. The lowest BCUT2D eigenvalue weighted by molar-refractivity contribution is -0.139. The fourth-order valence-corrected chi connectivity index (χ4v) is 4.64. The van der Waals surface area contributed by atoms with Crippen LogP contribution in [0.15, 0.2) is 42.9 Å². The number of hydrogen-bond acceptors (Lipinski definition) is 8. The molecule has 202 valence electrons. The van der Waals surface area contributed by atoms with Gasteiger partial charge in [-0.05, 0) is 50.6 Å². The molecule has 0 bridgehead atoms. The summed E-state index contributed by atoms with van der Waals surface area (Å²) < 4.78 is 51.2. The first kappa shape index (κ1) is 25.9. The number of alkyl halides is 3. The van der Waals surface area contributed by atoms with Gasteiger partial charge in [0.2, 0.25) is 0 Å². The highest BCUT2D eigenvalue weighted by Gasteiger charge is 2.42. The van der Waals surface area contributed by atoms with Crippen LogP contribution in [0.3, 0.4) is 0 Å². The third-order valence-electron chi connectivity index (χ3n) is 7.04. The molecule has 13 heteroatoms. The number of benzene rings is 1. The molecule has 2 fully saturated rings. The van der Waals surface area contributed by atoms with Crippen LogP contribution in [0.2, 0.25) is 0 Å². The molecule has 1 amide bonds. The number of nitrogens with zero attached hydrogens (tertiary/aromatic N) is 6. The van der Waals surface area contributed by atoms with Crippen molar-refractivity contribution in [1.29, 1.82) is 0 Å². The molecule has 2 aromatic heterocycles. The number of halogens is 3. The van der Waals surface area contributed by atoms with E-state index in [1.807, 2.05) is 11.9 Å². The average molecular weight is 531 g/mol. The topological polar surface area (TPSA) is 114 Å². The van der Waals surface area contributed by atoms with Crippen molar-refractivity contribution in [2.45, 2.75) is 37.6 Å². The molecule has 2 aliphatic rings. The number of aromatic nitrogens is 4. The molecule has 0 spiro atoms. The van der Waals surface area contributed by atoms with Gasteiger partial charge in [-0.2, -0.15) is 28.5 Å². The fourth-order valence-electron chi connectivity index (χ4n) is 4.64. The Morgan fingerprint density at radius 1 is 1.18 bits per heavy atom. The number of likely N-dealkylation sites (N-methyl/N-ethyl adjacent to an activating group) is 1. The van der Waals surface area contributed by atoms with Crippen LogP contribution in [0.1, 0.15) is 35.3 Å². The van der Waals surface area contributed by atoms with Gasteiger partial charge in [0, 0.05) is 38.4 Å². The Bertz CT molecular complexity index is 1280. The van der Waals surface area contributed by atoms with E-state index in [9.17, 15) is 18.0 Å². The Balaban J connectivity index is 1.52. The molecule has 1 aromatic carbocycles. The number of carbonyl (C=O) groups excluding carboxylic acids is 1. The van der Waals surface area contributed by atoms with E-state index in [4.69, 9.17) is 10.5 Å². The second-order valence-corrected chi connectivity index (χ2v) is 9.52. The Hall–Kier alpha value is -3.71. The summed E-state index contributed by atoms with van der Waals surface area (Å²) in [6.07, 6.45) is 1.91. The van der Waals surface area contributed by atoms with E-state index in [1.54, 1.807) is 17.2 Å². The van der Waals surface area contributed by atoms with Gasteiger partial charge in [-0.15, -0.1) is 0 Å². The van der Waals surface area contributed by atoms with Gasteiger partial charge in [0.05, 0.1) is 35.6 Å². The van der Waals surface area contributed by atoms with E-state index in [0.29, 0.717) is 31.6 Å². The molecule has 0 unspecified atom stereocenters. The molecular formula is C25H29F3N8O2. The summed E-state index contributed by atoms with van der Waals surface area (Å²) in [6, 6.07) is 5.76. The van der Waals surface area contributed by atoms with Gasteiger partial charge in [-0.1, -0.05) is 0 Å². The minimum atomic E-state index is -4.72. The Kier molecular flexibility index (Phi) is 7.21. The minimum absolute atomic E-state index is 0.0312. The van der Waals surface area contributed by atoms with Crippen LogP contribution in [0.5, 0.6) is 5.75 Å². The van der Waals surface area contributed by atoms with Crippen LogP contribution in [-0.2, 0) is 6.18 Å². The molecule has 1 atom stereocenters. The van der Waals surface area contributed by atoms with E-state index in [0.717, 1.165) is 6.42 Å². The van der Waals surface area contributed by atoms with Crippen LogP contribution in [-0.4, -0.2) is 76.2 Å². The first-order valence-electron chi connectivity index (χ1n) is 12.4. The Labute approximate surface area is 217 Å². The molecule has 3 aromatic rings. The minimum Gasteiger partial charge on any atom is -0.490 e. The molecule has 3 N–H and O–H groups in total. The highest BCUT2D eigenvalue weighted by molar-refractivity contribution is 6.05. The third-order valence-corrected chi connectivity index (χ3v) is 7.04. The molecule has 0 radical (unpaired) electrons. The quantitative estimate of drug-likeness (QED) is 0.479. The molecule has 1 saturated carbocycles. The molecule has 3 heterocycles. The van der Waals surface area contributed by atoms with Crippen molar-refractivity contribution in [1.82, 2.24) is 24.9 Å². The van der Waals surface area contributed by atoms with Crippen LogP contribution in [0.4, 0.5) is 24.5 Å². The lowest BCUT2D eigenvalue weighted by Gasteiger charge is -2.42. The maximum absolute atomic E-state index is 14.6. The second kappa shape index (κ2) is 10.6. The van der Waals surface area contributed by atoms with Crippen molar-refractivity contribution in [2.75, 3.05) is 43.4 Å². The summed E-state index contributed by atoms with van der Waals surface area (Å²) >= 11 is 0. The second-order valence-electron chi connectivity index (χ2n) is 9.52. The number of piperazine rings is 1. The molecule has 1 aliphatic carbocycles. The number of amides is 1. The number of hydrogen-bond donors (Lipinski definition) is 2. The van der Waals surface area contributed by atoms with Crippen molar-refractivity contribution in [2.24, 2.45) is 5.73 Å². The summed E-state index contributed by atoms with van der Waals surface area (Å²) in [6.45, 7) is 1.41. The molecule has 5 rings (SSSR count). The summed E-state index contributed by atoms with van der Waals surface area (Å²) in [5.41, 5.74) is 5.56. The van der Waals surface area contributed by atoms with Gasteiger partial charge < -0.3 is 20.7 Å². The highest BCUT2D eigenvalue weighted by Crippen LogP contribution is 2.48. The smallest absolute Gasteiger partial charge is 0.422 e. The fraction of sp³-hybridized carbons (Fsp3) is 0.440. The van der Waals surface area contributed by atoms with E-state index >= 15 is 0 Å². The van der Waals surface area contributed by atoms with Crippen molar-refractivity contribution in [3.63, 3.8) is 0 Å². The number of rotatable bonds is 7. The summed E-state index contributed by atoms with van der Waals surface area (Å²) in [7, 11) is 1.90. The monoisotopic (exact) mass is 530 g/mol. The van der Waals surface area contributed by atoms with Crippen molar-refractivity contribution in [3.05, 3.63) is 54.1 Å². The summed E-state index contributed by atoms with van der Waals surface area (Å²) in [5, 5.41) is 14.4. The van der Waals surface area contributed by atoms with Gasteiger partial charge in [0.25, 0.3) is 5.91 Å². The standard InChI is InChI=1S/C25H29F3N8O2/c1-34-11-12-35(15-17(34)13-29)23-19(5-6-21(22(23)25(26,27)28)38-18-3-2-4-18)32-24(37)20-8-10-36(33-20)16-7-9-30-31-14-16/h5-10,14,17-18H,2-4,11-13,15,29H2,1H3,(H,32,37)/t17-/m0/s1. The predicted octanol–water partition coefficient (Wildman–Crippen LogP) is 2.94. The molecule has 1 saturated heterocycles. The zero-order chi connectivity index (χ0) is 26.9. The molecule has 10 nitrogen and oxygen atoms in total. The lowest BCUT2D eigenvalue weighted by Crippen LogP contribution is -2.54. The third kappa shape index (κ3) is 5.29. The lowest BCUT2D eigenvalue weighted by atomic mass is 9.96. The first-order valence-corrected chi connectivity index (χ1v) is 12.4. The molecule has 1 aliphatic heterocycles. The van der Waals surface area contributed by atoms with Crippen LogP contribution in [0, 0.1) is 0 Å². The number of nitrogens with one attached hydrogen (secondary N) is 1. The zero-order valence-corrected chi connectivity index (χ0v) is 20.9. The average Bonchev–Trinajstić information content (AvgIpc) is 3.37. The summed E-state index contributed by atoms with van der Waals surface area (Å²) in [5.74, 6) is -0.870. The number of carbonyl (C=O) groups is 1. The van der Waals surface area contributed by atoms with Crippen LogP contribution >= 0.6 is 0 Å². The first-order chi connectivity index (χ1) is 18.2. The number of anilines is 2. The van der Waals surface area contributed by atoms with Crippen LogP contribution < -0.4 is 20.7 Å². The van der Waals surface area contributed by atoms with Crippen molar-refractivity contribution >= 4 is 17.3 Å². The van der Waals surface area contributed by atoms with E-state index in [1.165, 1.54) is 35.3 Å². The molecular weight excluding hydrogens is 501 g/mol. The number of ether oxygens (including phenoxy) is 1. The van der Waals surface area contributed by atoms with Crippen molar-refractivity contribution < 1.29 is 22.7 Å². The van der Waals surface area contributed by atoms with E-state index < -0.39 is 17.6 Å². The SMILES string of the molecule is CN1CCN(c2c(NC(=O)c3ccn(-c4ccnnc4)n3)ccc(OC3CCC3)c2C(F)(F)F)C[C@@H]1CN. The number of nitrogens with two attached hydrogens (primary N) is 1. The largest absolute Gasteiger partial charge is 0.490 e. The predicted molar refractivity (Wildman–Crippen MR) is 135 cm³/mol. The van der Waals surface area contributed by atoms with Gasteiger partial charge in [0.15, 0.2) is 5.69 Å². The normalized spacial score (nSPS) is 18.8. The van der Waals surface area contributed by atoms with Gasteiger partial charge in [0.1, 0.15) is 11.3 Å². The maximum Gasteiger partial charge on any atom is 0.422 e. The zero-order valence-electron chi connectivity index (χ0n) is 20.9. The Morgan fingerprint density at radius 2 is 2.00 bits per heavy atom. The van der Waals surface area contributed by atoms with Gasteiger partial charge in [-0.25, -0.2) is 4.68 Å². The van der Waals surface area contributed by atoms with Crippen molar-refractivity contribution in [3.8, 4) is 11.4 Å². The van der Waals surface area contributed by atoms with Gasteiger partial charge in [-0.3, -0.25) is 9.69 Å².